The molecule has 0 saturated heterocycles. The van der Waals surface area contributed by atoms with Crippen molar-refractivity contribution in [2.24, 2.45) is 0 Å². The molecule has 1 aromatic heterocycles. The first-order chi connectivity index (χ1) is 14.8. The highest BCUT2D eigenvalue weighted by molar-refractivity contribution is 7.90. The maximum atomic E-state index is 11.6. The van der Waals surface area contributed by atoms with Gasteiger partial charge in [0.25, 0.3) is 0 Å². The fraction of sp³-hybridized carbons (Fsp3) is 0.0833. The number of carboxylic acids is 1. The minimum absolute atomic E-state index is 0.297. The SMILES string of the molecule is CS(=O)(=O)c1ccc(-c2ccc3nc(Cc4ccc(/C=C/C(=O)O)cc4)[nH]c3c2)cc1. The monoisotopic (exact) mass is 432 g/mol. The highest BCUT2D eigenvalue weighted by Gasteiger charge is 2.09. The van der Waals surface area contributed by atoms with Gasteiger partial charge in [0.15, 0.2) is 9.84 Å². The number of nitrogens with zero attached hydrogens (tertiary/aromatic N) is 1. The minimum Gasteiger partial charge on any atom is -0.478 e. The van der Waals surface area contributed by atoms with Crippen LogP contribution >= 0.6 is 0 Å². The molecule has 0 saturated carbocycles. The van der Waals surface area contributed by atoms with Crippen LogP contribution in [0.5, 0.6) is 0 Å². The van der Waals surface area contributed by atoms with Crippen LogP contribution in [0.15, 0.2) is 77.7 Å². The number of sulfone groups is 1. The normalized spacial score (nSPS) is 11.9. The molecule has 0 fully saturated rings. The van der Waals surface area contributed by atoms with Gasteiger partial charge in [0.1, 0.15) is 5.82 Å². The van der Waals surface area contributed by atoms with Gasteiger partial charge >= 0.3 is 5.97 Å². The predicted octanol–water partition coefficient (Wildman–Crippen LogP) is 4.32. The summed E-state index contributed by atoms with van der Waals surface area (Å²) in [6, 6.07) is 20.4. The van der Waals surface area contributed by atoms with Crippen molar-refractivity contribution in [3.8, 4) is 11.1 Å². The summed E-state index contributed by atoms with van der Waals surface area (Å²) in [4.78, 5) is 18.9. The lowest BCUT2D eigenvalue weighted by atomic mass is 10.1. The largest absolute Gasteiger partial charge is 0.478 e. The van der Waals surface area contributed by atoms with Crippen LogP contribution in [0.2, 0.25) is 0 Å². The number of nitrogens with one attached hydrogen (secondary N) is 1. The summed E-state index contributed by atoms with van der Waals surface area (Å²) in [5.74, 6) is -0.148. The number of fused-ring (bicyclic) bond motifs is 1. The fourth-order valence-electron chi connectivity index (χ4n) is 3.33. The fourth-order valence-corrected chi connectivity index (χ4v) is 3.96. The molecule has 0 aliphatic heterocycles. The Hall–Kier alpha value is -3.71. The number of carbonyl (C=O) groups is 1. The highest BCUT2D eigenvalue weighted by Crippen LogP contribution is 2.25. The molecule has 0 aliphatic rings. The van der Waals surface area contributed by atoms with E-state index >= 15 is 0 Å². The van der Waals surface area contributed by atoms with Gasteiger partial charge in [-0.15, -0.1) is 0 Å². The molecule has 0 unspecified atom stereocenters. The predicted molar refractivity (Wildman–Crippen MR) is 121 cm³/mol. The number of hydrogen-bond acceptors (Lipinski definition) is 4. The zero-order valence-electron chi connectivity index (χ0n) is 16.7. The van der Waals surface area contributed by atoms with E-state index in [-0.39, 0.29) is 0 Å². The first-order valence-electron chi connectivity index (χ1n) is 9.57. The van der Waals surface area contributed by atoms with Crippen molar-refractivity contribution in [2.75, 3.05) is 6.26 Å². The van der Waals surface area contributed by atoms with Crippen LogP contribution < -0.4 is 0 Å². The molecule has 7 heteroatoms. The molecular weight excluding hydrogens is 412 g/mol. The third kappa shape index (κ3) is 4.90. The molecule has 6 nitrogen and oxygen atoms in total. The van der Waals surface area contributed by atoms with E-state index in [0.29, 0.717) is 11.3 Å². The van der Waals surface area contributed by atoms with Crippen molar-refractivity contribution >= 4 is 32.9 Å². The molecule has 3 aromatic carbocycles. The summed E-state index contributed by atoms with van der Waals surface area (Å²) in [6.45, 7) is 0. The van der Waals surface area contributed by atoms with Crippen molar-refractivity contribution in [3.05, 3.63) is 89.8 Å². The number of carboxylic acid groups (broad SMARTS) is 1. The van der Waals surface area contributed by atoms with Crippen molar-refractivity contribution in [2.45, 2.75) is 11.3 Å². The van der Waals surface area contributed by atoms with Crippen LogP contribution in [0.1, 0.15) is 17.0 Å². The number of H-pyrrole nitrogens is 1. The highest BCUT2D eigenvalue weighted by atomic mass is 32.2. The first-order valence-corrected chi connectivity index (χ1v) is 11.5. The third-order valence-electron chi connectivity index (χ3n) is 4.92. The topological polar surface area (TPSA) is 100 Å². The maximum absolute atomic E-state index is 11.6. The Morgan fingerprint density at radius 1 is 1.00 bits per heavy atom. The zero-order chi connectivity index (χ0) is 22.0. The molecule has 1 heterocycles. The Balaban J connectivity index is 1.54. The number of aromatic nitrogens is 2. The molecule has 156 valence electrons. The molecule has 0 spiro atoms. The Bertz CT molecular complexity index is 1380. The molecule has 0 radical (unpaired) electrons. The van der Waals surface area contributed by atoms with E-state index in [4.69, 9.17) is 5.11 Å². The zero-order valence-corrected chi connectivity index (χ0v) is 17.6. The van der Waals surface area contributed by atoms with Crippen molar-refractivity contribution in [3.63, 3.8) is 0 Å². The van der Waals surface area contributed by atoms with Gasteiger partial charge in [-0.2, -0.15) is 0 Å². The summed E-state index contributed by atoms with van der Waals surface area (Å²) in [5.41, 5.74) is 5.53. The molecule has 31 heavy (non-hydrogen) atoms. The first kappa shape index (κ1) is 20.6. The number of rotatable bonds is 6. The molecule has 0 bridgehead atoms. The van der Waals surface area contributed by atoms with Gasteiger partial charge in [-0.1, -0.05) is 42.5 Å². The standard InChI is InChI=1S/C24H20N2O4S/c1-31(29,30)20-10-7-18(8-11-20)19-9-12-21-22(15-19)26-23(25-21)14-17-4-2-16(3-5-17)6-13-24(27)28/h2-13,15H,14H2,1H3,(H,25,26)(H,27,28)/b13-6+. The Labute approximate surface area is 179 Å². The van der Waals surface area contributed by atoms with Crippen LogP contribution in [-0.2, 0) is 21.1 Å². The van der Waals surface area contributed by atoms with E-state index in [1.807, 2.05) is 42.5 Å². The average molecular weight is 433 g/mol. The second-order valence-electron chi connectivity index (χ2n) is 7.30. The van der Waals surface area contributed by atoms with Crippen molar-refractivity contribution in [1.82, 2.24) is 9.97 Å². The van der Waals surface area contributed by atoms with Gasteiger partial charge in [-0.3, -0.25) is 0 Å². The van der Waals surface area contributed by atoms with Gasteiger partial charge in [-0.05, 0) is 52.6 Å². The summed E-state index contributed by atoms with van der Waals surface area (Å²) < 4.78 is 23.3. The molecular formula is C24H20N2O4S. The number of imidazole rings is 1. The van der Waals surface area contributed by atoms with E-state index in [1.54, 1.807) is 30.3 Å². The number of benzene rings is 3. The molecule has 0 amide bonds. The lowest BCUT2D eigenvalue weighted by Crippen LogP contribution is -1.96. The molecule has 4 aromatic rings. The third-order valence-corrected chi connectivity index (χ3v) is 6.04. The van der Waals surface area contributed by atoms with Crippen LogP contribution in [0.4, 0.5) is 0 Å². The lowest BCUT2D eigenvalue weighted by Gasteiger charge is -2.03. The van der Waals surface area contributed by atoms with E-state index in [9.17, 15) is 13.2 Å². The Morgan fingerprint density at radius 2 is 1.68 bits per heavy atom. The van der Waals surface area contributed by atoms with Crippen LogP contribution in [0, 0.1) is 0 Å². The second kappa shape index (κ2) is 8.20. The Morgan fingerprint density at radius 3 is 2.32 bits per heavy atom. The van der Waals surface area contributed by atoms with Gasteiger partial charge in [0.2, 0.25) is 0 Å². The molecule has 2 N–H and O–H groups in total. The van der Waals surface area contributed by atoms with E-state index in [1.165, 1.54) is 6.26 Å². The minimum atomic E-state index is -3.22. The van der Waals surface area contributed by atoms with Gasteiger partial charge < -0.3 is 10.1 Å². The van der Waals surface area contributed by atoms with Gasteiger partial charge in [-0.25, -0.2) is 18.2 Å². The lowest BCUT2D eigenvalue weighted by molar-refractivity contribution is -0.131. The summed E-state index contributed by atoms with van der Waals surface area (Å²) in [6.07, 6.45) is 4.48. The summed E-state index contributed by atoms with van der Waals surface area (Å²) >= 11 is 0. The van der Waals surface area contributed by atoms with Crippen molar-refractivity contribution in [1.29, 1.82) is 0 Å². The summed E-state index contributed by atoms with van der Waals surface area (Å²) in [7, 11) is -3.22. The molecule has 4 rings (SSSR count). The maximum Gasteiger partial charge on any atom is 0.328 e. The quantitative estimate of drug-likeness (QED) is 0.442. The average Bonchev–Trinajstić information content (AvgIpc) is 3.14. The van der Waals surface area contributed by atoms with Crippen LogP contribution in [-0.4, -0.2) is 35.7 Å². The number of aromatic amines is 1. The smallest absolute Gasteiger partial charge is 0.328 e. The number of aliphatic carboxylic acids is 1. The van der Waals surface area contributed by atoms with E-state index in [2.05, 4.69) is 9.97 Å². The van der Waals surface area contributed by atoms with Crippen molar-refractivity contribution < 1.29 is 18.3 Å². The van der Waals surface area contributed by atoms with Gasteiger partial charge in [0.05, 0.1) is 15.9 Å². The Kier molecular flexibility index (Phi) is 5.44. The van der Waals surface area contributed by atoms with Crippen LogP contribution in [0.25, 0.3) is 28.2 Å². The van der Waals surface area contributed by atoms with Crippen LogP contribution in [0.3, 0.4) is 0 Å². The number of hydrogen-bond donors (Lipinski definition) is 2. The molecule has 0 atom stereocenters. The summed E-state index contributed by atoms with van der Waals surface area (Å²) in [5, 5.41) is 8.71. The van der Waals surface area contributed by atoms with Gasteiger partial charge in [0, 0.05) is 18.8 Å². The van der Waals surface area contributed by atoms with E-state index < -0.39 is 15.8 Å². The van der Waals surface area contributed by atoms with E-state index in [0.717, 1.165) is 45.2 Å². The second-order valence-corrected chi connectivity index (χ2v) is 9.32. The molecule has 0 aliphatic carbocycles.